The minimum Gasteiger partial charge on any atom is -0.348 e. The molecule has 1 heterocycles. The highest BCUT2D eigenvalue weighted by Crippen LogP contribution is 2.54. The van der Waals surface area contributed by atoms with Gasteiger partial charge in [-0.15, -0.1) is 5.10 Å². The maximum Gasteiger partial charge on any atom is 0.435 e. The largest absolute Gasteiger partial charge is 0.435 e. The van der Waals surface area contributed by atoms with Gasteiger partial charge in [-0.2, -0.15) is 31.4 Å². The van der Waals surface area contributed by atoms with Crippen LogP contribution in [-0.2, 0) is 20.3 Å². The summed E-state index contributed by atoms with van der Waals surface area (Å²) in [5.74, 6) is -1.32. The second-order valence-electron chi connectivity index (χ2n) is 9.54. The average Bonchev–Trinajstić information content (AvgIpc) is 2.92. The first-order valence-corrected chi connectivity index (χ1v) is 13.5. The molecule has 2 aromatic carbocycles. The Labute approximate surface area is 228 Å². The van der Waals surface area contributed by atoms with Crippen molar-refractivity contribution in [3.05, 3.63) is 89.5 Å². The van der Waals surface area contributed by atoms with Crippen LogP contribution in [0, 0.1) is 5.82 Å². The van der Waals surface area contributed by atoms with Gasteiger partial charge in [0.1, 0.15) is 10.6 Å². The fraction of sp³-hybridized carbons (Fsp3) is 0.346. The molecule has 0 aliphatic heterocycles. The molecule has 1 aromatic heterocycles. The van der Waals surface area contributed by atoms with Gasteiger partial charge in [0.05, 0.1) is 4.90 Å². The molecule has 1 N–H and O–H groups in total. The van der Waals surface area contributed by atoms with E-state index in [0.29, 0.717) is 0 Å². The second kappa shape index (κ2) is 10.7. The topological polar surface area (TPSA) is 89.0 Å². The molecular formula is C26H21F8N3O3S. The van der Waals surface area contributed by atoms with E-state index in [1.807, 2.05) is 0 Å². The summed E-state index contributed by atoms with van der Waals surface area (Å²) >= 11 is 0. The number of alkyl halides is 7. The van der Waals surface area contributed by atoms with Gasteiger partial charge in [0.15, 0.2) is 15.5 Å². The standard InChI is InChI=1S/C26H21F8N3O3S/c27-18-7-9-20(10-8-18)41(39,40)23(13-11-19(12-14-23)36-22(38)21-2-1-15-35-37-21)16-3-5-17(6-4-16)24(28,25(29,30)31)26(32,33)34/h1-10,15,19H,11-14H2,(H,36,38). The number of nitrogens with zero attached hydrogens (tertiary/aromatic N) is 2. The van der Waals surface area contributed by atoms with Crippen LogP contribution in [0.3, 0.4) is 0 Å². The van der Waals surface area contributed by atoms with E-state index in [1.165, 1.54) is 18.3 Å². The molecule has 0 saturated heterocycles. The van der Waals surface area contributed by atoms with Crippen LogP contribution in [0.1, 0.15) is 47.3 Å². The molecule has 0 bridgehead atoms. The third-order valence-corrected chi connectivity index (χ3v) is 9.73. The Bertz CT molecular complexity index is 1470. The van der Waals surface area contributed by atoms with Gasteiger partial charge in [0, 0.05) is 17.8 Å². The van der Waals surface area contributed by atoms with Crippen molar-refractivity contribution in [2.45, 2.75) is 59.4 Å². The highest BCUT2D eigenvalue weighted by Gasteiger charge is 2.73. The van der Waals surface area contributed by atoms with E-state index in [4.69, 9.17) is 0 Å². The molecule has 1 amide bonds. The van der Waals surface area contributed by atoms with Crippen molar-refractivity contribution in [1.29, 1.82) is 0 Å². The number of hydrogen-bond acceptors (Lipinski definition) is 5. The van der Waals surface area contributed by atoms with E-state index in [0.717, 1.165) is 36.4 Å². The van der Waals surface area contributed by atoms with Gasteiger partial charge in [-0.05, 0) is 67.6 Å². The number of hydrogen-bond donors (Lipinski definition) is 1. The molecule has 0 atom stereocenters. The second-order valence-corrected chi connectivity index (χ2v) is 11.8. The summed E-state index contributed by atoms with van der Waals surface area (Å²) in [6, 6.07) is 8.06. The number of nitrogens with one attached hydrogen (secondary N) is 1. The molecule has 6 nitrogen and oxygen atoms in total. The zero-order valence-electron chi connectivity index (χ0n) is 20.8. The van der Waals surface area contributed by atoms with Gasteiger partial charge in [-0.25, -0.2) is 17.2 Å². The van der Waals surface area contributed by atoms with Crippen molar-refractivity contribution in [3.63, 3.8) is 0 Å². The smallest absolute Gasteiger partial charge is 0.348 e. The highest BCUT2D eigenvalue weighted by molar-refractivity contribution is 7.92. The number of carbonyl (C=O) groups is 1. The molecule has 0 unspecified atom stereocenters. The van der Waals surface area contributed by atoms with E-state index in [-0.39, 0.29) is 54.0 Å². The van der Waals surface area contributed by atoms with E-state index in [1.54, 1.807) is 0 Å². The summed E-state index contributed by atoms with van der Waals surface area (Å²) in [5.41, 5.74) is -7.64. The van der Waals surface area contributed by atoms with Gasteiger partial charge in [-0.3, -0.25) is 4.79 Å². The number of aromatic nitrogens is 2. The van der Waals surface area contributed by atoms with E-state index in [9.17, 15) is 48.3 Å². The predicted molar refractivity (Wildman–Crippen MR) is 128 cm³/mol. The van der Waals surface area contributed by atoms with E-state index < -0.39 is 55.9 Å². The van der Waals surface area contributed by atoms with Gasteiger partial charge in [0.2, 0.25) is 0 Å². The lowest BCUT2D eigenvalue weighted by Gasteiger charge is -2.40. The third-order valence-electron chi connectivity index (χ3n) is 7.16. The fourth-order valence-corrected chi connectivity index (χ4v) is 7.12. The van der Waals surface area contributed by atoms with Crippen LogP contribution >= 0.6 is 0 Å². The number of sulfone groups is 1. The van der Waals surface area contributed by atoms with Gasteiger partial charge >= 0.3 is 18.0 Å². The molecule has 41 heavy (non-hydrogen) atoms. The molecule has 220 valence electrons. The van der Waals surface area contributed by atoms with E-state index in [2.05, 4.69) is 15.5 Å². The first-order valence-electron chi connectivity index (χ1n) is 12.0. The summed E-state index contributed by atoms with van der Waals surface area (Å²) in [7, 11) is -4.44. The molecule has 1 saturated carbocycles. The van der Waals surface area contributed by atoms with Crippen molar-refractivity contribution in [1.82, 2.24) is 15.5 Å². The predicted octanol–water partition coefficient (Wildman–Crippen LogP) is 5.95. The van der Waals surface area contributed by atoms with Crippen LogP contribution in [0.2, 0.25) is 0 Å². The average molecular weight is 608 g/mol. The Morgan fingerprint density at radius 3 is 1.90 bits per heavy atom. The first-order chi connectivity index (χ1) is 19.0. The number of halogens is 8. The molecule has 0 radical (unpaired) electrons. The molecular weight excluding hydrogens is 586 g/mol. The van der Waals surface area contributed by atoms with Gasteiger partial charge in [-0.1, -0.05) is 24.3 Å². The SMILES string of the molecule is O=C(NC1CCC(c2ccc(C(F)(C(F)(F)F)C(F)(F)F)cc2)(S(=O)(=O)c2ccc(F)cc2)CC1)c1cccnn1. The summed E-state index contributed by atoms with van der Waals surface area (Å²) in [4.78, 5) is 12.2. The number of amides is 1. The third kappa shape index (κ3) is 5.38. The fourth-order valence-electron chi connectivity index (χ4n) is 4.95. The quantitative estimate of drug-likeness (QED) is 0.277. The van der Waals surface area contributed by atoms with E-state index >= 15 is 0 Å². The number of benzene rings is 2. The summed E-state index contributed by atoms with van der Waals surface area (Å²) in [6.45, 7) is 0. The van der Waals surface area contributed by atoms with Gasteiger partial charge < -0.3 is 5.32 Å². The zero-order chi connectivity index (χ0) is 30.3. The van der Waals surface area contributed by atoms with Crippen molar-refractivity contribution < 1.29 is 48.3 Å². The monoisotopic (exact) mass is 607 g/mol. The van der Waals surface area contributed by atoms with Crippen LogP contribution in [0.15, 0.2) is 71.8 Å². The normalized spacial score (nSPS) is 20.4. The van der Waals surface area contributed by atoms with Crippen molar-refractivity contribution in [2.75, 3.05) is 0 Å². The lowest BCUT2D eigenvalue weighted by atomic mass is 9.80. The molecule has 15 heteroatoms. The Kier molecular flexibility index (Phi) is 7.88. The van der Waals surface area contributed by atoms with Crippen LogP contribution in [-0.4, -0.2) is 42.9 Å². The lowest BCUT2D eigenvalue weighted by molar-refractivity contribution is -0.348. The number of carbonyl (C=O) groups excluding carboxylic acids is 1. The molecule has 1 aliphatic rings. The molecule has 4 rings (SSSR count). The summed E-state index contributed by atoms with van der Waals surface area (Å²) in [5, 5.41) is 9.99. The molecule has 0 spiro atoms. The Hall–Kier alpha value is -3.62. The molecule has 1 aliphatic carbocycles. The molecule has 3 aromatic rings. The molecule has 1 fully saturated rings. The summed E-state index contributed by atoms with van der Waals surface area (Å²) < 4.78 is 134. The lowest BCUT2D eigenvalue weighted by Crippen LogP contribution is -2.50. The first kappa shape index (κ1) is 30.3. The highest BCUT2D eigenvalue weighted by atomic mass is 32.2. The zero-order valence-corrected chi connectivity index (χ0v) is 21.6. The summed E-state index contributed by atoms with van der Waals surface area (Å²) in [6.07, 6.45) is -11.7. The Balaban J connectivity index is 1.72. The maximum atomic E-state index is 14.6. The van der Waals surface area contributed by atoms with Crippen LogP contribution in [0.25, 0.3) is 0 Å². The van der Waals surface area contributed by atoms with Gasteiger partial charge in [0.25, 0.3) is 5.91 Å². The van der Waals surface area contributed by atoms with Crippen LogP contribution < -0.4 is 5.32 Å². The van der Waals surface area contributed by atoms with Crippen molar-refractivity contribution in [2.24, 2.45) is 0 Å². The minimum absolute atomic E-state index is 0.00268. The number of rotatable bonds is 6. The Morgan fingerprint density at radius 2 is 1.41 bits per heavy atom. The minimum atomic E-state index is -6.34. The van der Waals surface area contributed by atoms with Crippen molar-refractivity contribution >= 4 is 15.7 Å². The Morgan fingerprint density at radius 1 is 0.854 bits per heavy atom. The van der Waals surface area contributed by atoms with Crippen LogP contribution in [0.4, 0.5) is 35.1 Å². The van der Waals surface area contributed by atoms with Crippen LogP contribution in [0.5, 0.6) is 0 Å². The maximum absolute atomic E-state index is 14.6. The van der Waals surface area contributed by atoms with Crippen molar-refractivity contribution in [3.8, 4) is 0 Å².